The second-order valence-electron chi connectivity index (χ2n) is 4.38. The van der Waals surface area contributed by atoms with Crippen LogP contribution in [0.4, 0.5) is 4.39 Å². The second-order valence-corrected chi connectivity index (χ2v) is 5.23. The number of carbonyl (C=O) groups excluding carboxylic acids is 1. The average Bonchev–Trinajstić information content (AvgIpc) is 2.16. The Morgan fingerprint density at radius 1 is 1.47 bits per heavy atom. The van der Waals surface area contributed by atoms with E-state index in [9.17, 15) is 9.18 Å². The van der Waals surface area contributed by atoms with Crippen LogP contribution < -0.4 is 5.32 Å². The molecule has 4 heteroatoms. The molecular formula is C11H11BrFNO. The summed E-state index contributed by atoms with van der Waals surface area (Å²) in [6.07, 6.45) is 0. The lowest BCUT2D eigenvalue weighted by atomic mass is 9.79. The minimum atomic E-state index is -0.401. The molecule has 1 heterocycles. The minimum absolute atomic E-state index is 0.153. The van der Waals surface area contributed by atoms with Gasteiger partial charge in [0.05, 0.1) is 4.47 Å². The van der Waals surface area contributed by atoms with E-state index in [1.807, 2.05) is 13.8 Å². The number of rotatable bonds is 0. The first-order valence-corrected chi connectivity index (χ1v) is 5.49. The highest BCUT2D eigenvalue weighted by Gasteiger charge is 2.32. The van der Waals surface area contributed by atoms with Gasteiger partial charge in [0.25, 0.3) is 5.91 Å². The van der Waals surface area contributed by atoms with Crippen molar-refractivity contribution in [2.24, 2.45) is 0 Å². The van der Waals surface area contributed by atoms with Crippen LogP contribution in [0.1, 0.15) is 29.8 Å². The van der Waals surface area contributed by atoms with Crippen molar-refractivity contribution in [2.75, 3.05) is 6.54 Å². The van der Waals surface area contributed by atoms with Crippen LogP contribution in [0.5, 0.6) is 0 Å². The zero-order valence-electron chi connectivity index (χ0n) is 8.53. The van der Waals surface area contributed by atoms with Gasteiger partial charge in [-0.2, -0.15) is 0 Å². The van der Waals surface area contributed by atoms with Crippen LogP contribution >= 0.6 is 15.9 Å². The van der Waals surface area contributed by atoms with Crippen LogP contribution in [0.3, 0.4) is 0 Å². The highest BCUT2D eigenvalue weighted by Crippen LogP contribution is 2.32. The molecular weight excluding hydrogens is 261 g/mol. The summed E-state index contributed by atoms with van der Waals surface area (Å²) < 4.78 is 13.7. The molecule has 2 rings (SSSR count). The van der Waals surface area contributed by atoms with E-state index in [4.69, 9.17) is 0 Å². The van der Waals surface area contributed by atoms with E-state index in [0.29, 0.717) is 16.6 Å². The van der Waals surface area contributed by atoms with Gasteiger partial charge in [0, 0.05) is 17.5 Å². The Kier molecular flexibility index (Phi) is 2.34. The van der Waals surface area contributed by atoms with Crippen molar-refractivity contribution in [3.8, 4) is 0 Å². The Bertz CT molecular complexity index is 442. The molecule has 0 saturated heterocycles. The smallest absolute Gasteiger partial charge is 0.251 e. The molecule has 1 aromatic rings. The number of amides is 1. The molecule has 1 N–H and O–H groups in total. The fraction of sp³-hybridized carbons (Fsp3) is 0.364. The van der Waals surface area contributed by atoms with Crippen molar-refractivity contribution in [3.05, 3.63) is 33.5 Å². The monoisotopic (exact) mass is 271 g/mol. The third-order valence-electron chi connectivity index (χ3n) is 2.73. The molecule has 80 valence electrons. The SMILES string of the molecule is CC1(C)CNC(=O)c2cc(F)c(Br)cc21. The number of halogens is 2. The predicted octanol–water partition coefficient (Wildman–Crippen LogP) is 2.61. The highest BCUT2D eigenvalue weighted by molar-refractivity contribution is 9.10. The fourth-order valence-corrected chi connectivity index (χ4v) is 2.13. The number of nitrogens with one attached hydrogen (secondary N) is 1. The van der Waals surface area contributed by atoms with Crippen molar-refractivity contribution in [1.29, 1.82) is 0 Å². The van der Waals surface area contributed by atoms with E-state index in [2.05, 4.69) is 21.2 Å². The molecule has 0 unspecified atom stereocenters. The van der Waals surface area contributed by atoms with Crippen LogP contribution in [0.25, 0.3) is 0 Å². The van der Waals surface area contributed by atoms with E-state index in [-0.39, 0.29) is 11.3 Å². The van der Waals surface area contributed by atoms with Crippen molar-refractivity contribution >= 4 is 21.8 Å². The molecule has 0 atom stereocenters. The Morgan fingerprint density at radius 3 is 2.80 bits per heavy atom. The molecule has 0 aliphatic carbocycles. The van der Waals surface area contributed by atoms with E-state index in [1.54, 1.807) is 6.07 Å². The Balaban J connectivity index is 2.68. The maximum atomic E-state index is 13.3. The first kappa shape index (κ1) is 10.6. The average molecular weight is 272 g/mol. The van der Waals surface area contributed by atoms with Crippen molar-refractivity contribution < 1.29 is 9.18 Å². The topological polar surface area (TPSA) is 29.1 Å². The van der Waals surface area contributed by atoms with Crippen LogP contribution in [0, 0.1) is 5.82 Å². The normalized spacial score (nSPS) is 18.3. The van der Waals surface area contributed by atoms with Gasteiger partial charge in [0.1, 0.15) is 5.82 Å². The van der Waals surface area contributed by atoms with Crippen LogP contribution in [0.15, 0.2) is 16.6 Å². The van der Waals surface area contributed by atoms with Crippen LogP contribution in [-0.2, 0) is 5.41 Å². The lowest BCUT2D eigenvalue weighted by Gasteiger charge is -2.32. The number of hydrogen-bond acceptors (Lipinski definition) is 1. The third kappa shape index (κ3) is 1.67. The zero-order valence-corrected chi connectivity index (χ0v) is 10.1. The molecule has 1 aliphatic heterocycles. The summed E-state index contributed by atoms with van der Waals surface area (Å²) >= 11 is 3.14. The summed E-state index contributed by atoms with van der Waals surface area (Å²) in [5.74, 6) is -0.600. The molecule has 0 bridgehead atoms. The summed E-state index contributed by atoms with van der Waals surface area (Å²) in [6.45, 7) is 4.63. The minimum Gasteiger partial charge on any atom is -0.351 e. The quantitative estimate of drug-likeness (QED) is 0.772. The van der Waals surface area contributed by atoms with Gasteiger partial charge in [-0.15, -0.1) is 0 Å². The summed E-state index contributed by atoms with van der Waals surface area (Å²) in [5.41, 5.74) is 1.17. The van der Waals surface area contributed by atoms with Gasteiger partial charge in [-0.05, 0) is 33.6 Å². The Hall–Kier alpha value is -0.900. The van der Waals surface area contributed by atoms with Crippen LogP contribution in [0.2, 0.25) is 0 Å². The van der Waals surface area contributed by atoms with Gasteiger partial charge in [0.2, 0.25) is 0 Å². The largest absolute Gasteiger partial charge is 0.351 e. The Labute approximate surface area is 96.0 Å². The van der Waals surface area contributed by atoms with E-state index in [0.717, 1.165) is 5.56 Å². The molecule has 0 fully saturated rings. The fourth-order valence-electron chi connectivity index (χ4n) is 1.79. The maximum absolute atomic E-state index is 13.3. The summed E-state index contributed by atoms with van der Waals surface area (Å²) in [4.78, 5) is 11.5. The van der Waals surface area contributed by atoms with Gasteiger partial charge in [0.15, 0.2) is 0 Å². The summed E-state index contributed by atoms with van der Waals surface area (Å²) in [5, 5.41) is 2.75. The van der Waals surface area contributed by atoms with E-state index >= 15 is 0 Å². The van der Waals surface area contributed by atoms with Gasteiger partial charge in [-0.1, -0.05) is 13.8 Å². The first-order valence-electron chi connectivity index (χ1n) is 4.69. The van der Waals surface area contributed by atoms with Crippen LogP contribution in [-0.4, -0.2) is 12.5 Å². The van der Waals surface area contributed by atoms with E-state index < -0.39 is 5.82 Å². The lowest BCUT2D eigenvalue weighted by molar-refractivity contribution is 0.0929. The molecule has 0 radical (unpaired) electrons. The standard InChI is InChI=1S/C11H11BrFNO/c1-11(2)5-14-10(15)6-3-9(13)8(12)4-7(6)11/h3-4H,5H2,1-2H3,(H,14,15). The first-order chi connectivity index (χ1) is 6.92. The summed E-state index contributed by atoms with van der Waals surface area (Å²) in [7, 11) is 0. The maximum Gasteiger partial charge on any atom is 0.251 e. The number of benzene rings is 1. The molecule has 0 spiro atoms. The Morgan fingerprint density at radius 2 is 2.13 bits per heavy atom. The van der Waals surface area contributed by atoms with Gasteiger partial charge in [-0.25, -0.2) is 4.39 Å². The molecule has 1 aliphatic rings. The number of carbonyl (C=O) groups is 1. The lowest BCUT2D eigenvalue weighted by Crippen LogP contribution is -2.43. The molecule has 15 heavy (non-hydrogen) atoms. The molecule has 1 aromatic carbocycles. The number of hydrogen-bond donors (Lipinski definition) is 1. The molecule has 2 nitrogen and oxygen atoms in total. The zero-order chi connectivity index (χ0) is 11.2. The van der Waals surface area contributed by atoms with Gasteiger partial charge in [-0.3, -0.25) is 4.79 Å². The molecule has 0 aromatic heterocycles. The second kappa shape index (κ2) is 3.30. The predicted molar refractivity (Wildman–Crippen MR) is 59.5 cm³/mol. The molecule has 1 amide bonds. The van der Waals surface area contributed by atoms with Crippen molar-refractivity contribution in [3.63, 3.8) is 0 Å². The number of fused-ring (bicyclic) bond motifs is 1. The van der Waals surface area contributed by atoms with Crippen molar-refractivity contribution in [1.82, 2.24) is 5.32 Å². The van der Waals surface area contributed by atoms with Gasteiger partial charge >= 0.3 is 0 Å². The molecule has 0 saturated carbocycles. The van der Waals surface area contributed by atoms with Gasteiger partial charge < -0.3 is 5.32 Å². The van der Waals surface area contributed by atoms with E-state index in [1.165, 1.54) is 6.07 Å². The third-order valence-corrected chi connectivity index (χ3v) is 3.33. The van der Waals surface area contributed by atoms with Crippen molar-refractivity contribution in [2.45, 2.75) is 19.3 Å². The highest BCUT2D eigenvalue weighted by atomic mass is 79.9. The summed E-state index contributed by atoms with van der Waals surface area (Å²) in [6, 6.07) is 2.99.